The van der Waals surface area contributed by atoms with Crippen LogP contribution in [0, 0.1) is 0 Å². The number of hydrogen-bond donors (Lipinski definition) is 1. The molecule has 1 aromatic carbocycles. The molecule has 1 saturated carbocycles. The van der Waals surface area contributed by atoms with Crippen LogP contribution in [0.15, 0.2) is 21.0 Å². The molecular formula is C12H12BrNO4S. The minimum absolute atomic E-state index is 0.438. The van der Waals surface area contributed by atoms with Gasteiger partial charge in [-0.05, 0) is 53.4 Å². The van der Waals surface area contributed by atoms with Gasteiger partial charge in [-0.15, -0.1) is 0 Å². The second-order valence-corrected chi connectivity index (χ2v) is 6.16. The van der Waals surface area contributed by atoms with Crippen molar-refractivity contribution >= 4 is 38.0 Å². The predicted octanol–water partition coefficient (Wildman–Crippen LogP) is 3.07. The van der Waals surface area contributed by atoms with Gasteiger partial charge in [0.1, 0.15) is 5.52 Å². The lowest BCUT2D eigenvalue weighted by Crippen LogP contribution is -1.98. The summed E-state index contributed by atoms with van der Waals surface area (Å²) in [4.78, 5) is 4.45. The fourth-order valence-corrected chi connectivity index (χ4v) is 2.89. The van der Waals surface area contributed by atoms with Gasteiger partial charge in [0.25, 0.3) is 11.0 Å². The summed E-state index contributed by atoms with van der Waals surface area (Å²) in [5.74, 6) is 1.20. The molecule has 1 atom stereocenters. The van der Waals surface area contributed by atoms with E-state index in [1.807, 2.05) is 0 Å². The summed E-state index contributed by atoms with van der Waals surface area (Å²) in [5.41, 5.74) is 2.17. The molecule has 0 spiro atoms. The number of aromatic nitrogens is 1. The third-order valence-corrected chi connectivity index (χ3v) is 4.20. The van der Waals surface area contributed by atoms with Crippen LogP contribution >= 0.6 is 15.9 Å². The number of rotatable bonds is 4. The SMILES string of the molecule is CC(O[SH](=O)=O)c1cc(Br)c2oc(C3CC3)nc2c1. The van der Waals surface area contributed by atoms with E-state index in [-0.39, 0.29) is 0 Å². The molecule has 1 aliphatic carbocycles. The molecule has 7 heteroatoms. The highest BCUT2D eigenvalue weighted by Crippen LogP contribution is 2.42. The smallest absolute Gasteiger partial charge is 0.257 e. The lowest BCUT2D eigenvalue weighted by molar-refractivity contribution is 0.245. The van der Waals surface area contributed by atoms with E-state index in [0.717, 1.165) is 34.3 Å². The first-order chi connectivity index (χ1) is 9.04. The molecule has 1 aromatic heterocycles. The average molecular weight is 346 g/mol. The molecule has 1 fully saturated rings. The van der Waals surface area contributed by atoms with Gasteiger partial charge in [0.05, 0.1) is 10.6 Å². The first kappa shape index (κ1) is 13.1. The van der Waals surface area contributed by atoms with Crippen LogP contribution in [0.5, 0.6) is 0 Å². The van der Waals surface area contributed by atoms with Crippen LogP contribution in [-0.2, 0) is 15.2 Å². The van der Waals surface area contributed by atoms with Crippen molar-refractivity contribution < 1.29 is 17.0 Å². The maximum atomic E-state index is 10.6. The number of nitrogens with zero attached hydrogens (tertiary/aromatic N) is 1. The van der Waals surface area contributed by atoms with E-state index in [9.17, 15) is 8.42 Å². The van der Waals surface area contributed by atoms with Gasteiger partial charge in [0, 0.05) is 5.92 Å². The van der Waals surface area contributed by atoms with Crippen molar-refractivity contribution in [2.45, 2.75) is 31.8 Å². The molecule has 0 N–H and O–H groups in total. The maximum absolute atomic E-state index is 10.6. The monoisotopic (exact) mass is 345 g/mol. The summed E-state index contributed by atoms with van der Waals surface area (Å²) in [6.45, 7) is 1.68. The number of halogens is 1. The highest BCUT2D eigenvalue weighted by Gasteiger charge is 2.29. The number of fused-ring (bicyclic) bond motifs is 1. The third-order valence-electron chi connectivity index (χ3n) is 3.12. The first-order valence-corrected chi connectivity index (χ1v) is 7.84. The van der Waals surface area contributed by atoms with E-state index in [1.165, 1.54) is 0 Å². The van der Waals surface area contributed by atoms with Gasteiger partial charge in [0.2, 0.25) is 0 Å². The summed E-state index contributed by atoms with van der Waals surface area (Å²) >= 11 is 3.42. The number of thiol groups is 1. The normalized spacial score (nSPS) is 17.2. The fraction of sp³-hybridized carbons (Fsp3) is 0.417. The molecular weight excluding hydrogens is 334 g/mol. The van der Waals surface area contributed by atoms with E-state index in [4.69, 9.17) is 8.60 Å². The van der Waals surface area contributed by atoms with Crippen LogP contribution in [0.2, 0.25) is 0 Å². The lowest BCUT2D eigenvalue weighted by Gasteiger charge is -2.08. The van der Waals surface area contributed by atoms with Gasteiger partial charge in [-0.1, -0.05) is 0 Å². The minimum Gasteiger partial charge on any atom is -0.439 e. The van der Waals surface area contributed by atoms with Crippen molar-refractivity contribution in [2.75, 3.05) is 0 Å². The Kier molecular flexibility index (Phi) is 3.36. The van der Waals surface area contributed by atoms with Crippen molar-refractivity contribution in [1.82, 2.24) is 4.98 Å². The highest BCUT2D eigenvalue weighted by atomic mass is 79.9. The summed E-state index contributed by atoms with van der Waals surface area (Å²) in [7, 11) is -2.87. The Balaban J connectivity index is 2.02. The van der Waals surface area contributed by atoms with Gasteiger partial charge >= 0.3 is 0 Å². The minimum atomic E-state index is -2.87. The molecule has 1 heterocycles. The maximum Gasteiger partial charge on any atom is 0.257 e. The summed E-state index contributed by atoms with van der Waals surface area (Å²) in [6, 6.07) is 3.60. The number of benzene rings is 1. The van der Waals surface area contributed by atoms with Crippen LogP contribution < -0.4 is 0 Å². The van der Waals surface area contributed by atoms with Crippen molar-refractivity contribution in [3.8, 4) is 0 Å². The summed E-state index contributed by atoms with van der Waals surface area (Å²) < 4.78 is 32.5. The van der Waals surface area contributed by atoms with E-state index < -0.39 is 17.1 Å². The zero-order valence-electron chi connectivity index (χ0n) is 10.1. The van der Waals surface area contributed by atoms with E-state index in [2.05, 4.69) is 20.9 Å². The van der Waals surface area contributed by atoms with E-state index in [1.54, 1.807) is 19.1 Å². The van der Waals surface area contributed by atoms with Gasteiger partial charge < -0.3 is 4.42 Å². The quantitative estimate of drug-likeness (QED) is 0.862. The predicted molar refractivity (Wildman–Crippen MR) is 73.5 cm³/mol. The molecule has 2 aromatic rings. The van der Waals surface area contributed by atoms with E-state index >= 15 is 0 Å². The van der Waals surface area contributed by atoms with E-state index in [0.29, 0.717) is 11.5 Å². The molecule has 0 aliphatic heterocycles. The van der Waals surface area contributed by atoms with Gasteiger partial charge in [0.15, 0.2) is 11.5 Å². The molecule has 1 unspecified atom stereocenters. The second kappa shape index (κ2) is 4.88. The van der Waals surface area contributed by atoms with Crippen LogP contribution in [0.4, 0.5) is 0 Å². The fourth-order valence-electron chi connectivity index (χ4n) is 1.96. The van der Waals surface area contributed by atoms with Crippen LogP contribution in [0.3, 0.4) is 0 Å². The van der Waals surface area contributed by atoms with Crippen molar-refractivity contribution in [1.29, 1.82) is 0 Å². The Hall–Kier alpha value is -0.920. The molecule has 19 heavy (non-hydrogen) atoms. The van der Waals surface area contributed by atoms with Crippen molar-refractivity contribution in [3.05, 3.63) is 28.1 Å². The molecule has 0 radical (unpaired) electrons. The topological polar surface area (TPSA) is 69.4 Å². The highest BCUT2D eigenvalue weighted by molar-refractivity contribution is 9.10. The average Bonchev–Trinajstić information content (AvgIpc) is 3.08. The van der Waals surface area contributed by atoms with Crippen molar-refractivity contribution in [2.24, 2.45) is 0 Å². The van der Waals surface area contributed by atoms with Gasteiger partial charge in [-0.2, -0.15) is 0 Å². The molecule has 0 amide bonds. The molecule has 3 rings (SSSR count). The Labute approximate surface area is 120 Å². The Morgan fingerprint density at radius 1 is 1.47 bits per heavy atom. The second-order valence-electron chi connectivity index (χ2n) is 4.65. The lowest BCUT2D eigenvalue weighted by atomic mass is 10.1. The van der Waals surface area contributed by atoms with Gasteiger partial charge in [-0.25, -0.2) is 13.4 Å². The van der Waals surface area contributed by atoms with Crippen LogP contribution in [0.1, 0.15) is 43.2 Å². The van der Waals surface area contributed by atoms with Crippen LogP contribution in [0.25, 0.3) is 11.1 Å². The number of hydrogen-bond acceptors (Lipinski definition) is 5. The summed E-state index contributed by atoms with van der Waals surface area (Å²) in [6.07, 6.45) is 1.70. The summed E-state index contributed by atoms with van der Waals surface area (Å²) in [5, 5.41) is 0. The Morgan fingerprint density at radius 2 is 2.21 bits per heavy atom. The Bertz CT molecular complexity index is 697. The zero-order valence-corrected chi connectivity index (χ0v) is 12.6. The van der Waals surface area contributed by atoms with Crippen molar-refractivity contribution in [3.63, 3.8) is 0 Å². The molecule has 102 valence electrons. The molecule has 5 nitrogen and oxygen atoms in total. The molecule has 1 aliphatic rings. The third kappa shape index (κ3) is 2.68. The van der Waals surface area contributed by atoms with Gasteiger partial charge in [-0.3, -0.25) is 4.18 Å². The first-order valence-electron chi connectivity index (χ1n) is 5.95. The van der Waals surface area contributed by atoms with Crippen LogP contribution in [-0.4, -0.2) is 13.4 Å². The molecule has 0 saturated heterocycles. The largest absolute Gasteiger partial charge is 0.439 e. The molecule has 0 bridgehead atoms. The number of oxazole rings is 1. The zero-order chi connectivity index (χ0) is 13.6. The Morgan fingerprint density at radius 3 is 2.84 bits per heavy atom. The standard InChI is InChI=1S/C12H12BrNO4S/c1-6(18-19(15)16)8-4-9(13)11-10(5-8)14-12(17-11)7-2-3-7/h4-7,19H,2-3H2,1H3.